The van der Waals surface area contributed by atoms with E-state index in [-0.39, 0.29) is 0 Å². The first kappa shape index (κ1) is 14.5. The van der Waals surface area contributed by atoms with Crippen LogP contribution in [-0.2, 0) is 0 Å². The molecule has 1 nitrogen and oxygen atoms in total. The number of rotatable bonds is 6. The van der Waals surface area contributed by atoms with E-state index in [2.05, 4.69) is 54.9 Å². The lowest BCUT2D eigenvalue weighted by Gasteiger charge is -2.29. The molecular weight excluding hydrogens is 262 g/mol. The number of nitrogens with zero attached hydrogens (tertiary/aromatic N) is 1. The summed E-state index contributed by atoms with van der Waals surface area (Å²) in [5.74, 6) is 4.56. The third-order valence-electron chi connectivity index (χ3n) is 5.45. The average molecular weight is 289 g/mol. The maximum atomic E-state index is 4.57. The van der Waals surface area contributed by atoms with Crippen LogP contribution < -0.4 is 0 Å². The fraction of sp³-hybridized carbons (Fsp3) is 0.667. The van der Waals surface area contributed by atoms with Gasteiger partial charge in [-0.1, -0.05) is 36.8 Å². The summed E-state index contributed by atoms with van der Waals surface area (Å²) in [6, 6.07) is 10.9. The van der Waals surface area contributed by atoms with Gasteiger partial charge in [-0.25, -0.2) is 0 Å². The molecule has 0 spiro atoms. The number of hydrogen-bond acceptors (Lipinski definition) is 2. The standard InChI is InChI=1S/C18H27NS/c1-19(11-17-10-14-7-8-16(17)9-14)12-18(13-20)15-5-3-2-4-6-15/h2-6,14,16-18,20H,7-13H2,1H3. The van der Waals surface area contributed by atoms with Crippen LogP contribution in [0.2, 0.25) is 0 Å². The van der Waals surface area contributed by atoms with Crippen molar-refractivity contribution < 1.29 is 0 Å². The van der Waals surface area contributed by atoms with E-state index in [9.17, 15) is 0 Å². The molecule has 1 aromatic rings. The van der Waals surface area contributed by atoms with Crippen LogP contribution in [0.3, 0.4) is 0 Å². The van der Waals surface area contributed by atoms with Crippen molar-refractivity contribution in [3.05, 3.63) is 35.9 Å². The zero-order valence-corrected chi connectivity index (χ0v) is 13.4. The molecule has 2 heteroatoms. The fourth-order valence-corrected chi connectivity index (χ4v) is 4.77. The molecule has 2 fully saturated rings. The van der Waals surface area contributed by atoms with Gasteiger partial charge >= 0.3 is 0 Å². The van der Waals surface area contributed by atoms with E-state index in [0.717, 1.165) is 30.1 Å². The molecule has 2 aliphatic carbocycles. The highest BCUT2D eigenvalue weighted by Crippen LogP contribution is 2.48. The highest BCUT2D eigenvalue weighted by atomic mass is 32.1. The van der Waals surface area contributed by atoms with E-state index < -0.39 is 0 Å². The Balaban J connectivity index is 1.53. The van der Waals surface area contributed by atoms with E-state index >= 15 is 0 Å². The molecule has 2 aliphatic rings. The molecule has 0 amide bonds. The molecular formula is C18H27NS. The van der Waals surface area contributed by atoms with Crippen LogP contribution in [0.4, 0.5) is 0 Å². The minimum absolute atomic E-state index is 0.558. The summed E-state index contributed by atoms with van der Waals surface area (Å²) in [6.07, 6.45) is 6.02. The second kappa shape index (κ2) is 6.53. The molecule has 0 heterocycles. The third kappa shape index (κ3) is 3.23. The normalized spacial score (nSPS) is 30.1. The van der Waals surface area contributed by atoms with Crippen molar-refractivity contribution in [2.75, 3.05) is 25.9 Å². The Hall–Kier alpha value is -0.470. The quantitative estimate of drug-likeness (QED) is 0.773. The van der Waals surface area contributed by atoms with Crippen molar-refractivity contribution in [1.82, 2.24) is 4.90 Å². The summed E-state index contributed by atoms with van der Waals surface area (Å²) < 4.78 is 0. The number of thiol groups is 1. The molecule has 4 atom stereocenters. The first-order valence-corrected chi connectivity index (χ1v) is 8.74. The van der Waals surface area contributed by atoms with Crippen molar-refractivity contribution in [2.45, 2.75) is 31.6 Å². The molecule has 110 valence electrons. The molecule has 20 heavy (non-hydrogen) atoms. The summed E-state index contributed by atoms with van der Waals surface area (Å²) in [5, 5.41) is 0. The van der Waals surface area contributed by atoms with Crippen molar-refractivity contribution in [3.63, 3.8) is 0 Å². The molecule has 0 radical (unpaired) electrons. The van der Waals surface area contributed by atoms with Gasteiger partial charge in [0, 0.05) is 19.0 Å². The number of likely N-dealkylation sites (N-methyl/N-ethyl adjacent to an activating group) is 1. The highest BCUT2D eigenvalue weighted by molar-refractivity contribution is 7.80. The van der Waals surface area contributed by atoms with Gasteiger partial charge in [0.1, 0.15) is 0 Å². The fourth-order valence-electron chi connectivity index (χ4n) is 4.44. The second-order valence-corrected chi connectivity index (χ2v) is 7.31. The van der Waals surface area contributed by atoms with Gasteiger partial charge in [0.2, 0.25) is 0 Å². The van der Waals surface area contributed by atoms with E-state index in [0.29, 0.717) is 5.92 Å². The van der Waals surface area contributed by atoms with Gasteiger partial charge < -0.3 is 4.90 Å². The minimum Gasteiger partial charge on any atom is -0.305 e. The Morgan fingerprint density at radius 2 is 2.00 bits per heavy atom. The Morgan fingerprint density at radius 3 is 2.60 bits per heavy atom. The molecule has 2 bridgehead atoms. The van der Waals surface area contributed by atoms with Crippen LogP contribution in [0.1, 0.15) is 37.2 Å². The predicted molar refractivity (Wildman–Crippen MR) is 89.5 cm³/mol. The maximum Gasteiger partial charge on any atom is 0.00552 e. The zero-order chi connectivity index (χ0) is 13.9. The molecule has 3 rings (SSSR count). The van der Waals surface area contributed by atoms with Gasteiger partial charge in [-0.3, -0.25) is 0 Å². The Morgan fingerprint density at radius 1 is 1.20 bits per heavy atom. The predicted octanol–water partition coefficient (Wildman–Crippen LogP) is 4.07. The van der Waals surface area contributed by atoms with Crippen molar-refractivity contribution in [3.8, 4) is 0 Å². The third-order valence-corrected chi connectivity index (χ3v) is 5.89. The molecule has 0 N–H and O–H groups in total. The zero-order valence-electron chi connectivity index (χ0n) is 12.5. The van der Waals surface area contributed by atoms with Crippen LogP contribution >= 0.6 is 12.6 Å². The van der Waals surface area contributed by atoms with Gasteiger partial charge in [-0.05, 0) is 55.4 Å². The molecule has 1 aromatic carbocycles. The molecule has 0 aromatic heterocycles. The molecule has 0 saturated heterocycles. The minimum atomic E-state index is 0.558. The Bertz CT molecular complexity index is 419. The maximum absolute atomic E-state index is 4.57. The first-order chi connectivity index (χ1) is 9.76. The van der Waals surface area contributed by atoms with E-state index in [1.165, 1.54) is 37.8 Å². The van der Waals surface area contributed by atoms with Crippen molar-refractivity contribution in [2.24, 2.45) is 17.8 Å². The second-order valence-electron chi connectivity index (χ2n) is 6.95. The van der Waals surface area contributed by atoms with Crippen LogP contribution in [0.25, 0.3) is 0 Å². The largest absolute Gasteiger partial charge is 0.305 e. The molecule has 2 saturated carbocycles. The van der Waals surface area contributed by atoms with E-state index in [1.807, 2.05) is 0 Å². The lowest BCUT2D eigenvalue weighted by atomic mass is 9.88. The Labute approximate surface area is 129 Å². The summed E-state index contributed by atoms with van der Waals surface area (Å²) in [6.45, 7) is 2.43. The summed E-state index contributed by atoms with van der Waals surface area (Å²) in [7, 11) is 2.30. The number of hydrogen-bond donors (Lipinski definition) is 1. The number of fused-ring (bicyclic) bond motifs is 2. The van der Waals surface area contributed by atoms with E-state index in [1.54, 1.807) is 0 Å². The summed E-state index contributed by atoms with van der Waals surface area (Å²) in [5.41, 5.74) is 1.43. The van der Waals surface area contributed by atoms with Gasteiger partial charge in [0.15, 0.2) is 0 Å². The average Bonchev–Trinajstić information content (AvgIpc) is 3.08. The SMILES string of the molecule is CN(CC(CS)c1ccccc1)CC1CC2CCC1C2. The van der Waals surface area contributed by atoms with Gasteiger partial charge in [-0.15, -0.1) is 0 Å². The van der Waals surface area contributed by atoms with Crippen LogP contribution in [0.15, 0.2) is 30.3 Å². The van der Waals surface area contributed by atoms with Gasteiger partial charge in [0.05, 0.1) is 0 Å². The lowest BCUT2D eigenvalue weighted by molar-refractivity contribution is 0.214. The van der Waals surface area contributed by atoms with Crippen molar-refractivity contribution in [1.29, 1.82) is 0 Å². The topological polar surface area (TPSA) is 3.24 Å². The Kier molecular flexibility index (Phi) is 4.72. The van der Waals surface area contributed by atoms with Crippen LogP contribution in [0.5, 0.6) is 0 Å². The molecule has 4 unspecified atom stereocenters. The lowest BCUT2D eigenvalue weighted by Crippen LogP contribution is -2.32. The van der Waals surface area contributed by atoms with Crippen LogP contribution in [0, 0.1) is 17.8 Å². The highest BCUT2D eigenvalue weighted by Gasteiger charge is 2.39. The summed E-state index contributed by atoms with van der Waals surface area (Å²) >= 11 is 4.57. The van der Waals surface area contributed by atoms with Gasteiger partial charge in [-0.2, -0.15) is 12.6 Å². The molecule has 0 aliphatic heterocycles. The van der Waals surface area contributed by atoms with Crippen LogP contribution in [-0.4, -0.2) is 30.8 Å². The van der Waals surface area contributed by atoms with E-state index in [4.69, 9.17) is 0 Å². The monoisotopic (exact) mass is 289 g/mol. The van der Waals surface area contributed by atoms with Crippen molar-refractivity contribution >= 4 is 12.6 Å². The summed E-state index contributed by atoms with van der Waals surface area (Å²) in [4.78, 5) is 2.55. The first-order valence-electron chi connectivity index (χ1n) is 8.10. The smallest absolute Gasteiger partial charge is 0.00552 e. The number of benzene rings is 1. The van der Waals surface area contributed by atoms with Gasteiger partial charge in [0.25, 0.3) is 0 Å².